The summed E-state index contributed by atoms with van der Waals surface area (Å²) < 4.78 is 17.9. The van der Waals surface area contributed by atoms with Gasteiger partial charge in [-0.3, -0.25) is 10.1 Å². The third-order valence-electron chi connectivity index (χ3n) is 2.82. The second-order valence-corrected chi connectivity index (χ2v) is 4.76. The molecule has 1 saturated carbocycles. The zero-order valence-electron chi connectivity index (χ0n) is 11.7. The van der Waals surface area contributed by atoms with Gasteiger partial charge < -0.3 is 10.1 Å². The first kappa shape index (κ1) is 15.7. The SMILES string of the molecule is O=C(COC(=O)/C=C/c1ccccc1F)NC(=O)NC1CC1. The van der Waals surface area contributed by atoms with E-state index < -0.39 is 30.3 Å². The van der Waals surface area contributed by atoms with Gasteiger partial charge in [0.25, 0.3) is 5.91 Å². The Hall–Kier alpha value is -2.70. The van der Waals surface area contributed by atoms with Crippen LogP contribution in [0.4, 0.5) is 9.18 Å². The van der Waals surface area contributed by atoms with Gasteiger partial charge in [0.1, 0.15) is 5.82 Å². The summed E-state index contributed by atoms with van der Waals surface area (Å²) in [5.41, 5.74) is 0.229. The largest absolute Gasteiger partial charge is 0.452 e. The van der Waals surface area contributed by atoms with Gasteiger partial charge in [0.05, 0.1) is 0 Å². The van der Waals surface area contributed by atoms with Gasteiger partial charge >= 0.3 is 12.0 Å². The van der Waals surface area contributed by atoms with E-state index in [9.17, 15) is 18.8 Å². The van der Waals surface area contributed by atoms with Crippen molar-refractivity contribution in [3.63, 3.8) is 0 Å². The first-order valence-corrected chi connectivity index (χ1v) is 6.74. The molecule has 0 unspecified atom stereocenters. The Balaban J connectivity index is 1.71. The molecule has 1 fully saturated rings. The van der Waals surface area contributed by atoms with Crippen molar-refractivity contribution in [2.24, 2.45) is 0 Å². The first-order chi connectivity index (χ1) is 10.5. The highest BCUT2D eigenvalue weighted by Crippen LogP contribution is 2.18. The number of imide groups is 1. The minimum absolute atomic E-state index is 0.124. The van der Waals surface area contributed by atoms with Crippen LogP contribution in [0.2, 0.25) is 0 Å². The molecule has 2 rings (SSSR count). The highest BCUT2D eigenvalue weighted by atomic mass is 19.1. The lowest BCUT2D eigenvalue weighted by molar-refractivity contribution is -0.143. The average molecular weight is 306 g/mol. The van der Waals surface area contributed by atoms with Crippen LogP contribution in [0.25, 0.3) is 6.08 Å². The van der Waals surface area contributed by atoms with E-state index in [0.717, 1.165) is 18.9 Å². The van der Waals surface area contributed by atoms with E-state index in [1.165, 1.54) is 24.3 Å². The Morgan fingerprint density at radius 2 is 2.00 bits per heavy atom. The number of hydrogen-bond donors (Lipinski definition) is 2. The molecule has 1 aromatic rings. The van der Waals surface area contributed by atoms with Gasteiger partial charge in [0.2, 0.25) is 0 Å². The quantitative estimate of drug-likeness (QED) is 0.635. The van der Waals surface area contributed by atoms with Crippen LogP contribution < -0.4 is 10.6 Å². The highest BCUT2D eigenvalue weighted by molar-refractivity contribution is 5.96. The van der Waals surface area contributed by atoms with E-state index in [2.05, 4.69) is 10.1 Å². The van der Waals surface area contributed by atoms with E-state index in [-0.39, 0.29) is 11.6 Å². The normalized spacial score (nSPS) is 13.7. The van der Waals surface area contributed by atoms with Gasteiger partial charge in [-0.2, -0.15) is 0 Å². The van der Waals surface area contributed by atoms with E-state index >= 15 is 0 Å². The maximum absolute atomic E-state index is 13.3. The van der Waals surface area contributed by atoms with Gasteiger partial charge in [-0.1, -0.05) is 18.2 Å². The second-order valence-electron chi connectivity index (χ2n) is 4.76. The van der Waals surface area contributed by atoms with Crippen LogP contribution in [0.3, 0.4) is 0 Å². The molecule has 6 nitrogen and oxygen atoms in total. The van der Waals surface area contributed by atoms with Crippen LogP contribution in [0.1, 0.15) is 18.4 Å². The van der Waals surface area contributed by atoms with E-state index in [1.54, 1.807) is 6.07 Å². The van der Waals surface area contributed by atoms with Crippen molar-refractivity contribution in [2.45, 2.75) is 18.9 Å². The van der Waals surface area contributed by atoms with Crippen LogP contribution in [0, 0.1) is 5.82 Å². The first-order valence-electron chi connectivity index (χ1n) is 6.74. The molecule has 1 aliphatic rings. The number of halogens is 1. The topological polar surface area (TPSA) is 84.5 Å². The molecular weight excluding hydrogens is 291 g/mol. The molecule has 0 saturated heterocycles. The summed E-state index contributed by atoms with van der Waals surface area (Å²) in [6.07, 6.45) is 4.06. The Labute approximate surface area is 126 Å². The molecule has 22 heavy (non-hydrogen) atoms. The van der Waals surface area contributed by atoms with Gasteiger partial charge in [0, 0.05) is 17.7 Å². The fourth-order valence-corrected chi connectivity index (χ4v) is 1.56. The van der Waals surface area contributed by atoms with Crippen molar-refractivity contribution in [1.29, 1.82) is 0 Å². The lowest BCUT2D eigenvalue weighted by atomic mass is 10.2. The summed E-state index contributed by atoms with van der Waals surface area (Å²) in [4.78, 5) is 34.0. The number of amides is 3. The number of urea groups is 1. The fourth-order valence-electron chi connectivity index (χ4n) is 1.56. The van der Waals surface area contributed by atoms with Gasteiger partial charge in [0.15, 0.2) is 6.61 Å². The average Bonchev–Trinajstić information content (AvgIpc) is 3.28. The molecule has 1 aliphatic carbocycles. The van der Waals surface area contributed by atoms with Crippen LogP contribution in [-0.4, -0.2) is 30.6 Å². The molecule has 1 aromatic carbocycles. The van der Waals surface area contributed by atoms with Crippen molar-refractivity contribution < 1.29 is 23.5 Å². The highest BCUT2D eigenvalue weighted by Gasteiger charge is 2.23. The second kappa shape index (κ2) is 7.35. The summed E-state index contributed by atoms with van der Waals surface area (Å²) in [7, 11) is 0. The van der Waals surface area contributed by atoms with Crippen molar-refractivity contribution in [3.05, 3.63) is 41.7 Å². The summed E-state index contributed by atoms with van der Waals surface area (Å²) in [5, 5.41) is 4.60. The molecule has 2 N–H and O–H groups in total. The monoisotopic (exact) mass is 306 g/mol. The maximum atomic E-state index is 13.3. The molecule has 116 valence electrons. The summed E-state index contributed by atoms with van der Waals surface area (Å²) in [6, 6.07) is 5.43. The van der Waals surface area contributed by atoms with Crippen LogP contribution >= 0.6 is 0 Å². The van der Waals surface area contributed by atoms with Gasteiger partial charge in [-0.25, -0.2) is 14.0 Å². The van der Waals surface area contributed by atoms with E-state index in [0.29, 0.717) is 0 Å². The lowest BCUT2D eigenvalue weighted by Crippen LogP contribution is -2.42. The zero-order chi connectivity index (χ0) is 15.9. The number of esters is 1. The zero-order valence-corrected chi connectivity index (χ0v) is 11.7. The molecule has 0 aliphatic heterocycles. The standard InChI is InChI=1S/C15H15FN2O4/c16-12-4-2-1-3-10(12)5-8-14(20)22-9-13(19)18-15(21)17-11-6-7-11/h1-5,8,11H,6-7,9H2,(H2,17,18,19,21)/b8-5+. The fraction of sp³-hybridized carbons (Fsp3) is 0.267. The molecular formula is C15H15FN2O4. The van der Waals surface area contributed by atoms with Crippen molar-refractivity contribution in [3.8, 4) is 0 Å². The Morgan fingerprint density at radius 1 is 1.27 bits per heavy atom. The molecule has 0 atom stereocenters. The van der Waals surface area contributed by atoms with Crippen LogP contribution in [0.5, 0.6) is 0 Å². The molecule has 0 spiro atoms. The third-order valence-corrected chi connectivity index (χ3v) is 2.82. The Kier molecular flexibility index (Phi) is 5.24. The van der Waals surface area contributed by atoms with Crippen LogP contribution in [-0.2, 0) is 14.3 Å². The Morgan fingerprint density at radius 3 is 2.68 bits per heavy atom. The van der Waals surface area contributed by atoms with Gasteiger partial charge in [-0.15, -0.1) is 0 Å². The number of nitrogens with one attached hydrogen (secondary N) is 2. The predicted molar refractivity (Wildman–Crippen MR) is 76.1 cm³/mol. The van der Waals surface area contributed by atoms with Crippen molar-refractivity contribution in [2.75, 3.05) is 6.61 Å². The third kappa shape index (κ3) is 5.35. The molecule has 3 amide bonds. The van der Waals surface area contributed by atoms with Crippen molar-refractivity contribution in [1.82, 2.24) is 10.6 Å². The van der Waals surface area contributed by atoms with E-state index in [1.807, 2.05) is 5.32 Å². The number of benzene rings is 1. The molecule has 0 radical (unpaired) electrons. The van der Waals surface area contributed by atoms with Crippen LogP contribution in [0.15, 0.2) is 30.3 Å². The predicted octanol–water partition coefficient (Wildman–Crippen LogP) is 1.37. The number of rotatable bonds is 5. The maximum Gasteiger partial charge on any atom is 0.331 e. The summed E-state index contributed by atoms with van der Waals surface area (Å²) in [6.45, 7) is -0.585. The number of hydrogen-bond acceptors (Lipinski definition) is 4. The molecule has 0 bridgehead atoms. The minimum atomic E-state index is -0.805. The lowest BCUT2D eigenvalue weighted by Gasteiger charge is -2.05. The summed E-state index contributed by atoms with van der Waals surface area (Å²) in [5.74, 6) is -2.01. The minimum Gasteiger partial charge on any atom is -0.452 e. The molecule has 7 heteroatoms. The number of carbonyl (C=O) groups excluding carboxylic acids is 3. The number of ether oxygens (including phenoxy) is 1. The molecule has 0 heterocycles. The molecule has 0 aromatic heterocycles. The smallest absolute Gasteiger partial charge is 0.331 e. The summed E-state index contributed by atoms with van der Waals surface area (Å²) >= 11 is 0. The van der Waals surface area contributed by atoms with E-state index in [4.69, 9.17) is 0 Å². The van der Waals surface area contributed by atoms with Gasteiger partial charge in [-0.05, 0) is 25.0 Å². The van der Waals surface area contributed by atoms with Crippen molar-refractivity contribution >= 4 is 24.0 Å². The Bertz CT molecular complexity index is 611. The number of carbonyl (C=O) groups is 3.